The van der Waals surface area contributed by atoms with Crippen molar-refractivity contribution < 1.29 is 34.2 Å². The second kappa shape index (κ2) is 10.5. The fourth-order valence-electron chi connectivity index (χ4n) is 2.99. The van der Waals surface area contributed by atoms with Crippen LogP contribution in [-0.2, 0) is 19.2 Å². The molecule has 2 aliphatic heterocycles. The van der Waals surface area contributed by atoms with Crippen LogP contribution >= 0.6 is 0 Å². The molecule has 9 heteroatoms. The molecule has 0 saturated carbocycles. The Labute approximate surface area is 168 Å². The first-order valence-corrected chi connectivity index (χ1v) is 9.08. The number of carbonyl (C=O) groups excluding carboxylic acids is 1. The van der Waals surface area contributed by atoms with Gasteiger partial charge in [-0.15, -0.1) is 0 Å². The van der Waals surface area contributed by atoms with Crippen molar-refractivity contribution in [2.75, 3.05) is 26.7 Å². The van der Waals surface area contributed by atoms with Crippen molar-refractivity contribution in [3.05, 3.63) is 48.0 Å². The van der Waals surface area contributed by atoms with Crippen molar-refractivity contribution in [1.82, 2.24) is 4.90 Å². The van der Waals surface area contributed by atoms with Gasteiger partial charge in [0, 0.05) is 31.7 Å². The van der Waals surface area contributed by atoms with Crippen LogP contribution in [0.15, 0.2) is 47.6 Å². The van der Waals surface area contributed by atoms with Gasteiger partial charge in [0.05, 0.1) is 23.5 Å². The Morgan fingerprint density at radius 1 is 1.10 bits per heavy atom. The van der Waals surface area contributed by atoms with E-state index in [-0.39, 0.29) is 5.60 Å². The molecule has 2 heterocycles. The fraction of sp³-hybridized carbons (Fsp3) is 0.400. The van der Waals surface area contributed by atoms with Gasteiger partial charge >= 0.3 is 17.9 Å². The molecule has 0 aliphatic carbocycles. The molecular weight excluding hydrogens is 380 g/mol. The molecule has 0 amide bonds. The highest BCUT2D eigenvalue weighted by Gasteiger charge is 2.40. The molecule has 3 rings (SSSR count). The van der Waals surface area contributed by atoms with E-state index in [2.05, 4.69) is 17.1 Å². The Kier molecular flexibility index (Phi) is 8.05. The molecule has 1 spiro atoms. The second-order valence-corrected chi connectivity index (χ2v) is 6.86. The molecule has 9 nitrogen and oxygen atoms in total. The number of aliphatic carboxylic acids is 2. The van der Waals surface area contributed by atoms with Gasteiger partial charge in [0.15, 0.2) is 0 Å². The van der Waals surface area contributed by atoms with E-state index in [1.165, 1.54) is 0 Å². The van der Waals surface area contributed by atoms with E-state index in [4.69, 9.17) is 19.8 Å². The predicted molar refractivity (Wildman–Crippen MR) is 104 cm³/mol. The van der Waals surface area contributed by atoms with Crippen molar-refractivity contribution >= 4 is 23.6 Å². The molecule has 2 aliphatic rings. The number of carboxylic acid groups (broad SMARTS) is 2. The van der Waals surface area contributed by atoms with Gasteiger partial charge in [0.1, 0.15) is 0 Å². The lowest BCUT2D eigenvalue weighted by molar-refractivity contribution is -0.134. The predicted octanol–water partition coefficient (Wildman–Crippen LogP) is 1.80. The fourth-order valence-corrected chi connectivity index (χ4v) is 2.99. The lowest BCUT2D eigenvalue weighted by Gasteiger charge is -2.36. The molecule has 1 aromatic carbocycles. The summed E-state index contributed by atoms with van der Waals surface area (Å²) in [6.07, 6.45) is 3.90. The minimum absolute atomic E-state index is 0.0928. The summed E-state index contributed by atoms with van der Waals surface area (Å²) in [6, 6.07) is 8.89. The van der Waals surface area contributed by atoms with Crippen LogP contribution in [0.25, 0.3) is 0 Å². The number of rotatable bonds is 4. The summed E-state index contributed by atoms with van der Waals surface area (Å²) in [5, 5.41) is 19.6. The highest BCUT2D eigenvalue weighted by Crippen LogP contribution is 2.34. The number of hydrogen-bond acceptors (Lipinski definition) is 7. The van der Waals surface area contributed by atoms with Crippen LogP contribution in [0.1, 0.15) is 29.6 Å². The first kappa shape index (κ1) is 22.3. The minimum atomic E-state index is -1.26. The summed E-state index contributed by atoms with van der Waals surface area (Å²) in [4.78, 5) is 38.3. The van der Waals surface area contributed by atoms with Gasteiger partial charge < -0.3 is 24.7 Å². The average Bonchev–Trinajstić information content (AvgIpc) is 3.11. The number of oxime groups is 1. The first-order chi connectivity index (χ1) is 13.8. The molecule has 0 aromatic heterocycles. The molecular formula is C20H24N2O7. The smallest absolute Gasteiger partial charge is 0.365 e. The molecule has 156 valence electrons. The van der Waals surface area contributed by atoms with Crippen LogP contribution in [0.2, 0.25) is 0 Å². The maximum absolute atomic E-state index is 11.8. The quantitative estimate of drug-likeness (QED) is 0.442. The molecule has 2 fully saturated rings. The molecule has 0 radical (unpaired) electrons. The minimum Gasteiger partial charge on any atom is -0.478 e. The van der Waals surface area contributed by atoms with E-state index < -0.39 is 17.9 Å². The van der Waals surface area contributed by atoms with Crippen molar-refractivity contribution in [1.29, 1.82) is 0 Å². The summed E-state index contributed by atoms with van der Waals surface area (Å²) in [5.41, 5.74) is 1.24. The van der Waals surface area contributed by atoms with Gasteiger partial charge in [0.25, 0.3) is 0 Å². The highest BCUT2D eigenvalue weighted by molar-refractivity contribution is 5.92. The number of carboxylic acids is 2. The van der Waals surface area contributed by atoms with Crippen molar-refractivity contribution in [2.45, 2.75) is 24.9 Å². The summed E-state index contributed by atoms with van der Waals surface area (Å²) in [6.45, 7) is 2.54. The van der Waals surface area contributed by atoms with Crippen molar-refractivity contribution in [3.63, 3.8) is 0 Å². The zero-order chi connectivity index (χ0) is 21.3. The largest absolute Gasteiger partial charge is 0.478 e. The average molecular weight is 404 g/mol. The van der Waals surface area contributed by atoms with Crippen LogP contribution in [0.4, 0.5) is 0 Å². The topological polar surface area (TPSA) is 126 Å². The van der Waals surface area contributed by atoms with Crippen molar-refractivity contribution in [3.8, 4) is 0 Å². The lowest BCUT2D eigenvalue weighted by atomic mass is 9.88. The number of piperidine rings is 1. The van der Waals surface area contributed by atoms with Gasteiger partial charge in [0.2, 0.25) is 0 Å². The maximum atomic E-state index is 11.8. The zero-order valence-corrected chi connectivity index (χ0v) is 16.1. The maximum Gasteiger partial charge on any atom is 0.365 e. The number of benzene rings is 1. The monoisotopic (exact) mass is 404 g/mol. The Morgan fingerprint density at radius 3 is 2.24 bits per heavy atom. The molecule has 29 heavy (non-hydrogen) atoms. The molecule has 2 saturated heterocycles. The van der Waals surface area contributed by atoms with Crippen LogP contribution in [0.5, 0.6) is 0 Å². The SMILES string of the molecule is CN1CCC2(CC1)CC(=NOC(=O)c1ccccc1)CO2.O=C(O)C=CC(=O)O. The standard InChI is InChI=1S/C16H20N2O3.C4H4O4/c1-18-9-7-16(8-10-18)11-14(12-20-16)17-21-15(19)13-5-3-2-4-6-13;5-3(6)1-2-4(7)8/h2-6H,7-12H2,1H3;1-2H,(H,5,6)(H,7,8). The molecule has 2 N–H and O–H groups in total. The van der Waals surface area contributed by atoms with E-state index >= 15 is 0 Å². The summed E-state index contributed by atoms with van der Waals surface area (Å²) in [5.74, 6) is -2.94. The van der Waals surface area contributed by atoms with Crippen LogP contribution in [0, 0.1) is 0 Å². The Balaban J connectivity index is 0.000000321. The van der Waals surface area contributed by atoms with Gasteiger partial charge in [-0.05, 0) is 32.0 Å². The number of hydrogen-bond donors (Lipinski definition) is 2. The number of nitrogens with zero attached hydrogens (tertiary/aromatic N) is 2. The summed E-state index contributed by atoms with van der Waals surface area (Å²) in [7, 11) is 2.12. The van der Waals surface area contributed by atoms with E-state index in [1.54, 1.807) is 24.3 Å². The number of likely N-dealkylation sites (tertiary alicyclic amines) is 1. The van der Waals surface area contributed by atoms with E-state index in [0.717, 1.165) is 38.1 Å². The van der Waals surface area contributed by atoms with Gasteiger partial charge in [-0.3, -0.25) is 0 Å². The Hall–Kier alpha value is -3.04. The normalized spacial score (nSPS) is 19.7. The highest BCUT2D eigenvalue weighted by atomic mass is 16.7. The zero-order valence-electron chi connectivity index (χ0n) is 16.1. The summed E-state index contributed by atoms with van der Waals surface area (Å²) >= 11 is 0. The number of ether oxygens (including phenoxy) is 1. The number of carbonyl (C=O) groups is 3. The van der Waals surface area contributed by atoms with Crippen molar-refractivity contribution in [2.24, 2.45) is 5.16 Å². The van der Waals surface area contributed by atoms with Crippen LogP contribution < -0.4 is 0 Å². The van der Waals surface area contributed by atoms with Crippen LogP contribution in [-0.4, -0.2) is 71.1 Å². The van der Waals surface area contributed by atoms with Crippen LogP contribution in [0.3, 0.4) is 0 Å². The lowest BCUT2D eigenvalue weighted by Crippen LogP contribution is -2.42. The van der Waals surface area contributed by atoms with E-state index in [9.17, 15) is 14.4 Å². The molecule has 1 aromatic rings. The van der Waals surface area contributed by atoms with E-state index in [1.807, 2.05) is 6.07 Å². The first-order valence-electron chi connectivity index (χ1n) is 9.08. The molecule has 0 atom stereocenters. The third-order valence-electron chi connectivity index (χ3n) is 4.61. The third kappa shape index (κ3) is 7.47. The second-order valence-electron chi connectivity index (χ2n) is 6.86. The molecule has 0 unspecified atom stereocenters. The molecule has 0 bridgehead atoms. The van der Waals surface area contributed by atoms with E-state index in [0.29, 0.717) is 24.3 Å². The van der Waals surface area contributed by atoms with Gasteiger partial charge in [-0.1, -0.05) is 23.4 Å². The Morgan fingerprint density at radius 2 is 1.69 bits per heavy atom. The van der Waals surface area contributed by atoms with Gasteiger partial charge in [-0.2, -0.15) is 0 Å². The Bertz CT molecular complexity index is 765. The summed E-state index contributed by atoms with van der Waals surface area (Å²) < 4.78 is 5.93. The van der Waals surface area contributed by atoms with Gasteiger partial charge in [-0.25, -0.2) is 14.4 Å². The third-order valence-corrected chi connectivity index (χ3v) is 4.61.